The minimum Gasteiger partial charge on any atom is -0.393 e. The van der Waals surface area contributed by atoms with Gasteiger partial charge >= 0.3 is 0 Å². The van der Waals surface area contributed by atoms with Crippen LogP contribution in [0.4, 0.5) is 11.4 Å². The highest BCUT2D eigenvalue weighted by Gasteiger charge is 2.50. The quantitative estimate of drug-likeness (QED) is 0.774. The number of carbonyl (C=O) groups excluding carboxylic acids is 2. The number of amides is 2. The van der Waals surface area contributed by atoms with E-state index in [9.17, 15) is 20.0 Å². The van der Waals surface area contributed by atoms with E-state index in [2.05, 4.69) is 21.2 Å². The first-order valence-corrected chi connectivity index (χ1v) is 11.5. The molecule has 1 unspecified atom stereocenters. The Morgan fingerprint density at radius 1 is 1.26 bits per heavy atom. The molecule has 1 aliphatic carbocycles. The Balaban J connectivity index is 1.50. The molecule has 3 fully saturated rings. The number of aliphatic hydroxyl groups excluding tert-OH is 1. The highest BCUT2D eigenvalue weighted by Crippen LogP contribution is 2.44. The van der Waals surface area contributed by atoms with Crippen molar-refractivity contribution in [2.75, 3.05) is 29.9 Å². The molecule has 4 rings (SSSR count). The van der Waals surface area contributed by atoms with Gasteiger partial charge in [0.15, 0.2) is 0 Å². The largest absolute Gasteiger partial charge is 0.393 e. The predicted molar refractivity (Wildman–Crippen MR) is 119 cm³/mol. The van der Waals surface area contributed by atoms with Gasteiger partial charge in [-0.2, -0.15) is 5.26 Å². The maximum Gasteiger partial charge on any atom is 0.230 e. The van der Waals surface area contributed by atoms with Crippen LogP contribution in [0, 0.1) is 16.7 Å². The SMILES string of the molecule is CCC(=O)Nc1ccc(N2CCCC3(CCN([C@H]4CC[C@H](O)CC4)C3=O)C2)c(C#N)c1. The third-order valence-corrected chi connectivity index (χ3v) is 7.29. The van der Waals surface area contributed by atoms with Crippen LogP contribution in [0.25, 0.3) is 0 Å². The number of rotatable bonds is 4. The number of carbonyl (C=O) groups is 2. The van der Waals surface area contributed by atoms with Gasteiger partial charge in [-0.1, -0.05) is 6.92 Å². The second kappa shape index (κ2) is 8.88. The number of nitriles is 1. The Bertz CT molecular complexity index is 887. The number of hydrogen-bond donors (Lipinski definition) is 2. The lowest BCUT2D eigenvalue weighted by atomic mass is 9.78. The topological polar surface area (TPSA) is 96.7 Å². The molecule has 1 spiro atoms. The van der Waals surface area contributed by atoms with Crippen LogP contribution >= 0.6 is 0 Å². The fourth-order valence-corrected chi connectivity index (χ4v) is 5.51. The highest BCUT2D eigenvalue weighted by atomic mass is 16.3. The van der Waals surface area contributed by atoms with E-state index in [0.717, 1.165) is 63.7 Å². The average molecular weight is 425 g/mol. The van der Waals surface area contributed by atoms with Crippen molar-refractivity contribution in [2.45, 2.75) is 70.4 Å². The van der Waals surface area contributed by atoms with Gasteiger partial charge in [-0.3, -0.25) is 9.59 Å². The van der Waals surface area contributed by atoms with E-state index in [-0.39, 0.29) is 29.4 Å². The van der Waals surface area contributed by atoms with Gasteiger partial charge in [0, 0.05) is 37.8 Å². The number of nitrogens with zero attached hydrogens (tertiary/aromatic N) is 3. The van der Waals surface area contributed by atoms with E-state index in [1.54, 1.807) is 13.0 Å². The first-order valence-electron chi connectivity index (χ1n) is 11.5. The Kier molecular flexibility index (Phi) is 6.19. The van der Waals surface area contributed by atoms with Crippen molar-refractivity contribution in [2.24, 2.45) is 5.41 Å². The number of benzene rings is 1. The van der Waals surface area contributed by atoms with E-state index in [4.69, 9.17) is 0 Å². The van der Waals surface area contributed by atoms with Crippen molar-refractivity contribution in [1.82, 2.24) is 4.90 Å². The second-order valence-electron chi connectivity index (χ2n) is 9.26. The predicted octanol–water partition coefficient (Wildman–Crippen LogP) is 3.03. The zero-order valence-corrected chi connectivity index (χ0v) is 18.3. The molecule has 2 amide bonds. The summed E-state index contributed by atoms with van der Waals surface area (Å²) in [6, 6.07) is 7.97. The van der Waals surface area contributed by atoms with Crippen LogP contribution in [0.1, 0.15) is 63.9 Å². The van der Waals surface area contributed by atoms with E-state index >= 15 is 0 Å². The van der Waals surface area contributed by atoms with Gasteiger partial charge in [-0.25, -0.2) is 0 Å². The van der Waals surface area contributed by atoms with Gasteiger partial charge in [-0.05, 0) is 63.1 Å². The molecule has 1 aromatic rings. The molecule has 0 radical (unpaired) electrons. The van der Waals surface area contributed by atoms with Crippen molar-refractivity contribution in [3.63, 3.8) is 0 Å². The van der Waals surface area contributed by atoms with Gasteiger partial charge in [-0.15, -0.1) is 0 Å². The van der Waals surface area contributed by atoms with Crippen LogP contribution in [0.15, 0.2) is 18.2 Å². The van der Waals surface area contributed by atoms with Crippen molar-refractivity contribution in [1.29, 1.82) is 5.26 Å². The van der Waals surface area contributed by atoms with Gasteiger partial charge in [0.1, 0.15) is 6.07 Å². The van der Waals surface area contributed by atoms with E-state index in [0.29, 0.717) is 24.2 Å². The zero-order chi connectivity index (χ0) is 22.0. The Hall–Kier alpha value is -2.59. The van der Waals surface area contributed by atoms with Crippen LogP contribution in [0.2, 0.25) is 0 Å². The lowest BCUT2D eigenvalue weighted by Gasteiger charge is -2.41. The molecule has 0 aromatic heterocycles. The first-order chi connectivity index (χ1) is 15.0. The van der Waals surface area contributed by atoms with Crippen molar-refractivity contribution >= 4 is 23.2 Å². The molecule has 166 valence electrons. The van der Waals surface area contributed by atoms with Crippen molar-refractivity contribution < 1.29 is 14.7 Å². The number of piperidine rings is 1. The standard InChI is InChI=1S/C24H32N4O3/c1-2-22(30)26-18-4-9-21(17(14-18)15-25)27-12-3-10-24(16-27)11-13-28(23(24)31)19-5-7-20(29)8-6-19/h4,9,14,19-20,29H,2-3,5-8,10-13,16H2,1H3,(H,26,30)/t19-,20-,24?. The maximum atomic E-state index is 13.5. The summed E-state index contributed by atoms with van der Waals surface area (Å²) in [7, 11) is 0. The maximum absolute atomic E-state index is 13.5. The van der Waals surface area contributed by atoms with Crippen LogP contribution in [0.3, 0.4) is 0 Å². The number of anilines is 2. The number of likely N-dealkylation sites (tertiary alicyclic amines) is 1. The zero-order valence-electron chi connectivity index (χ0n) is 18.3. The Labute approximate surface area is 184 Å². The van der Waals surface area contributed by atoms with Crippen molar-refractivity contribution in [3.05, 3.63) is 23.8 Å². The summed E-state index contributed by atoms with van der Waals surface area (Å²) in [6.07, 6.45) is 6.16. The lowest BCUT2D eigenvalue weighted by Crippen LogP contribution is -2.50. The molecule has 31 heavy (non-hydrogen) atoms. The summed E-state index contributed by atoms with van der Waals surface area (Å²) in [5, 5.41) is 22.3. The van der Waals surface area contributed by atoms with Crippen LogP contribution < -0.4 is 10.2 Å². The van der Waals surface area contributed by atoms with Crippen LogP contribution in [-0.4, -0.2) is 53.6 Å². The smallest absolute Gasteiger partial charge is 0.230 e. The minimum absolute atomic E-state index is 0.0829. The average Bonchev–Trinajstić information content (AvgIpc) is 3.09. The molecule has 2 heterocycles. The fraction of sp³-hybridized carbons (Fsp3) is 0.625. The third kappa shape index (κ3) is 4.27. The minimum atomic E-state index is -0.379. The summed E-state index contributed by atoms with van der Waals surface area (Å²) >= 11 is 0. The summed E-state index contributed by atoms with van der Waals surface area (Å²) in [4.78, 5) is 29.5. The summed E-state index contributed by atoms with van der Waals surface area (Å²) in [5.41, 5.74) is 1.61. The summed E-state index contributed by atoms with van der Waals surface area (Å²) in [6.45, 7) is 4.03. The fourth-order valence-electron chi connectivity index (χ4n) is 5.51. The summed E-state index contributed by atoms with van der Waals surface area (Å²) in [5.74, 6) is 0.171. The molecule has 2 aliphatic heterocycles. The Morgan fingerprint density at radius 2 is 2.03 bits per heavy atom. The van der Waals surface area contributed by atoms with Gasteiger partial charge in [0.05, 0.1) is 22.8 Å². The highest BCUT2D eigenvalue weighted by molar-refractivity contribution is 5.91. The van der Waals surface area contributed by atoms with Gasteiger partial charge in [0.25, 0.3) is 0 Å². The van der Waals surface area contributed by atoms with Gasteiger partial charge < -0.3 is 20.2 Å². The molecular formula is C24H32N4O3. The third-order valence-electron chi connectivity index (χ3n) is 7.29. The molecule has 7 heteroatoms. The van der Waals surface area contributed by atoms with E-state index in [1.807, 2.05) is 12.1 Å². The number of aliphatic hydroxyl groups is 1. The number of hydrogen-bond acceptors (Lipinski definition) is 5. The molecule has 3 aliphatic rings. The molecule has 1 aromatic carbocycles. The molecule has 2 N–H and O–H groups in total. The molecule has 1 atom stereocenters. The van der Waals surface area contributed by atoms with Crippen LogP contribution in [-0.2, 0) is 9.59 Å². The number of nitrogens with one attached hydrogen (secondary N) is 1. The molecule has 2 saturated heterocycles. The van der Waals surface area contributed by atoms with Crippen molar-refractivity contribution in [3.8, 4) is 6.07 Å². The monoisotopic (exact) mass is 424 g/mol. The molecule has 0 bridgehead atoms. The molecule has 1 saturated carbocycles. The summed E-state index contributed by atoms with van der Waals surface area (Å²) < 4.78 is 0. The van der Waals surface area contributed by atoms with Gasteiger partial charge in [0.2, 0.25) is 11.8 Å². The first kappa shape index (κ1) is 21.6. The normalized spacial score (nSPS) is 28.6. The molecule has 7 nitrogen and oxygen atoms in total. The molecular weight excluding hydrogens is 392 g/mol. The Morgan fingerprint density at radius 3 is 2.74 bits per heavy atom. The van der Waals surface area contributed by atoms with Crippen LogP contribution in [0.5, 0.6) is 0 Å². The lowest BCUT2D eigenvalue weighted by molar-refractivity contribution is -0.139. The van der Waals surface area contributed by atoms with E-state index in [1.165, 1.54) is 0 Å². The van der Waals surface area contributed by atoms with E-state index < -0.39 is 0 Å². The second-order valence-corrected chi connectivity index (χ2v) is 9.26.